The first-order valence-corrected chi connectivity index (χ1v) is 15.9. The van der Waals surface area contributed by atoms with Gasteiger partial charge in [0, 0.05) is 17.0 Å². The predicted octanol–water partition coefficient (Wildman–Crippen LogP) is 8.78. The van der Waals surface area contributed by atoms with Crippen molar-refractivity contribution in [1.29, 1.82) is 0 Å². The zero-order chi connectivity index (χ0) is 36.4. The molecule has 51 heavy (non-hydrogen) atoms. The number of halogens is 5. The summed E-state index contributed by atoms with van der Waals surface area (Å²) in [5.74, 6) is -13.7. The Morgan fingerprint density at radius 2 is 1.18 bits per heavy atom. The molecule has 0 heterocycles. The molecule has 0 aromatic heterocycles. The molecule has 0 fully saturated rings. The molecule has 0 N–H and O–H groups in total. The van der Waals surface area contributed by atoms with Gasteiger partial charge < -0.3 is 18.9 Å². The summed E-state index contributed by atoms with van der Waals surface area (Å²) in [6, 6.07) is 24.4. The second kappa shape index (κ2) is 12.3. The Hall–Kier alpha value is -5.71. The monoisotopic (exact) mass is 700 g/mol. The molecule has 0 amide bonds. The van der Waals surface area contributed by atoms with Gasteiger partial charge in [0.25, 0.3) is 0 Å². The van der Waals surface area contributed by atoms with Gasteiger partial charge in [0.1, 0.15) is 35.2 Å². The number of esters is 2. The molecule has 11 heteroatoms. The standard InChI is InChI=1S/C40H29F5O6/c1-39(2,3)38(47)51-26-17-18-27(50-37(46)30-32(41)34(43)36(45)35(44)33(30)42)31-29(26)28-22-9-5-7-11-24(22)40(31,25-12-8-6-10-23(25)28)19-49-21-15-13-20(48-4)14-16-21/h5-18,28H,19H2,1-4H3. The van der Waals surface area contributed by atoms with Gasteiger partial charge in [0.15, 0.2) is 23.3 Å². The van der Waals surface area contributed by atoms with Crippen molar-refractivity contribution in [3.05, 3.63) is 153 Å². The van der Waals surface area contributed by atoms with Crippen LogP contribution < -0.4 is 18.9 Å². The average molecular weight is 701 g/mol. The van der Waals surface area contributed by atoms with E-state index in [-0.39, 0.29) is 23.7 Å². The third-order valence-electron chi connectivity index (χ3n) is 9.29. The number of methoxy groups -OCH3 is 1. The highest BCUT2D eigenvalue weighted by atomic mass is 19.2. The molecule has 260 valence electrons. The van der Waals surface area contributed by atoms with Crippen LogP contribution in [0.1, 0.15) is 70.4 Å². The molecule has 0 saturated carbocycles. The normalized spacial score (nSPS) is 16.8. The van der Waals surface area contributed by atoms with E-state index in [1.54, 1.807) is 45.0 Å². The maximum absolute atomic E-state index is 14.9. The highest BCUT2D eigenvalue weighted by Gasteiger charge is 2.55. The molecule has 2 bridgehead atoms. The lowest BCUT2D eigenvalue weighted by Crippen LogP contribution is -2.47. The lowest BCUT2D eigenvalue weighted by molar-refractivity contribution is -0.143. The quantitative estimate of drug-likeness (QED) is 0.0556. The van der Waals surface area contributed by atoms with E-state index in [1.165, 1.54) is 19.2 Å². The van der Waals surface area contributed by atoms with Crippen LogP contribution in [0.15, 0.2) is 84.9 Å². The van der Waals surface area contributed by atoms with Crippen LogP contribution in [-0.2, 0) is 10.2 Å². The van der Waals surface area contributed by atoms with Gasteiger partial charge in [-0.1, -0.05) is 48.5 Å². The fourth-order valence-corrected chi connectivity index (χ4v) is 6.93. The molecule has 5 aromatic carbocycles. The number of carbonyl (C=O) groups is 2. The molecule has 0 radical (unpaired) electrons. The van der Waals surface area contributed by atoms with Crippen molar-refractivity contribution in [2.75, 3.05) is 13.7 Å². The van der Waals surface area contributed by atoms with Crippen molar-refractivity contribution in [2.45, 2.75) is 32.1 Å². The van der Waals surface area contributed by atoms with E-state index in [2.05, 4.69) is 0 Å². The summed E-state index contributed by atoms with van der Waals surface area (Å²) in [6.45, 7) is 4.92. The molecular weight excluding hydrogens is 671 g/mol. The van der Waals surface area contributed by atoms with E-state index >= 15 is 0 Å². The van der Waals surface area contributed by atoms with Crippen molar-refractivity contribution >= 4 is 11.9 Å². The van der Waals surface area contributed by atoms with Crippen LogP contribution in [0, 0.1) is 34.5 Å². The minimum absolute atomic E-state index is 0.128. The van der Waals surface area contributed by atoms with Crippen LogP contribution in [-0.4, -0.2) is 25.7 Å². The molecule has 3 aliphatic carbocycles. The topological polar surface area (TPSA) is 71.1 Å². The Bertz CT molecular complexity index is 2170. The summed E-state index contributed by atoms with van der Waals surface area (Å²) in [5.41, 5.74) is -0.202. The SMILES string of the molecule is COc1ccc(OCC23c4ccccc4C(c4ccccc42)c2c(OC(=O)C(C)(C)C)ccc(OC(=O)c4c(F)c(F)c(F)c(F)c4F)c23)cc1. The Kier molecular flexibility index (Phi) is 8.12. The summed E-state index contributed by atoms with van der Waals surface area (Å²) in [6.07, 6.45) is 0. The fraction of sp³-hybridized carbons (Fsp3) is 0.200. The first-order chi connectivity index (χ1) is 24.3. The highest BCUT2D eigenvalue weighted by molar-refractivity contribution is 5.93. The third-order valence-corrected chi connectivity index (χ3v) is 9.29. The van der Waals surface area contributed by atoms with E-state index in [9.17, 15) is 31.5 Å². The van der Waals surface area contributed by atoms with E-state index in [1.807, 2.05) is 48.5 Å². The van der Waals surface area contributed by atoms with Gasteiger partial charge in [-0.05, 0) is 79.4 Å². The average Bonchev–Trinajstić information content (AvgIpc) is 3.13. The third kappa shape index (κ3) is 5.21. The summed E-state index contributed by atoms with van der Waals surface area (Å²) >= 11 is 0. The number of benzene rings is 5. The van der Waals surface area contributed by atoms with Crippen molar-refractivity contribution in [2.24, 2.45) is 5.41 Å². The van der Waals surface area contributed by atoms with Gasteiger partial charge in [-0.25, -0.2) is 26.7 Å². The number of hydrogen-bond donors (Lipinski definition) is 0. The first-order valence-electron chi connectivity index (χ1n) is 15.9. The first kappa shape index (κ1) is 33.8. The van der Waals surface area contributed by atoms with Crippen molar-refractivity contribution in [1.82, 2.24) is 0 Å². The van der Waals surface area contributed by atoms with E-state index in [0.717, 1.165) is 22.3 Å². The van der Waals surface area contributed by atoms with Crippen LogP contribution in [0.25, 0.3) is 0 Å². The van der Waals surface area contributed by atoms with E-state index in [0.29, 0.717) is 17.1 Å². The van der Waals surface area contributed by atoms with Crippen molar-refractivity contribution in [3.8, 4) is 23.0 Å². The maximum atomic E-state index is 14.9. The molecule has 0 spiro atoms. The van der Waals surface area contributed by atoms with Gasteiger partial charge in [-0.3, -0.25) is 4.79 Å². The van der Waals surface area contributed by atoms with Crippen LogP contribution in [0.3, 0.4) is 0 Å². The number of ether oxygens (including phenoxy) is 4. The molecule has 0 unspecified atom stereocenters. The van der Waals surface area contributed by atoms with Gasteiger partial charge >= 0.3 is 11.9 Å². The minimum Gasteiger partial charge on any atom is -0.497 e. The number of hydrogen-bond acceptors (Lipinski definition) is 6. The predicted molar refractivity (Wildman–Crippen MR) is 175 cm³/mol. The molecule has 0 aliphatic heterocycles. The fourth-order valence-electron chi connectivity index (χ4n) is 6.93. The number of rotatable bonds is 7. The summed E-state index contributed by atoms with van der Waals surface area (Å²) < 4.78 is 95.6. The molecule has 6 nitrogen and oxygen atoms in total. The Labute approximate surface area is 289 Å². The lowest BCUT2D eigenvalue weighted by atomic mass is 9.53. The van der Waals surface area contributed by atoms with Crippen molar-refractivity contribution < 1.29 is 50.5 Å². The molecule has 3 aliphatic rings. The van der Waals surface area contributed by atoms with E-state index < -0.39 is 63.3 Å². The van der Waals surface area contributed by atoms with Crippen LogP contribution in [0.2, 0.25) is 0 Å². The van der Waals surface area contributed by atoms with Gasteiger partial charge in [0.05, 0.1) is 17.9 Å². The zero-order valence-corrected chi connectivity index (χ0v) is 27.7. The second-order valence-corrected chi connectivity index (χ2v) is 13.3. The van der Waals surface area contributed by atoms with Gasteiger partial charge in [-0.15, -0.1) is 0 Å². The highest BCUT2D eigenvalue weighted by Crippen LogP contribution is 2.63. The lowest BCUT2D eigenvalue weighted by Gasteiger charge is -2.50. The Morgan fingerprint density at radius 1 is 0.667 bits per heavy atom. The smallest absolute Gasteiger partial charge is 0.349 e. The van der Waals surface area contributed by atoms with Gasteiger partial charge in [0.2, 0.25) is 5.82 Å². The van der Waals surface area contributed by atoms with Crippen LogP contribution in [0.5, 0.6) is 23.0 Å². The van der Waals surface area contributed by atoms with Crippen LogP contribution >= 0.6 is 0 Å². The van der Waals surface area contributed by atoms with Crippen LogP contribution in [0.4, 0.5) is 22.0 Å². The Balaban J connectivity index is 1.49. The molecular formula is C40H29F5O6. The largest absolute Gasteiger partial charge is 0.497 e. The molecule has 0 atom stereocenters. The summed E-state index contributed by atoms with van der Waals surface area (Å²) in [7, 11) is 1.53. The van der Waals surface area contributed by atoms with Gasteiger partial charge in [-0.2, -0.15) is 0 Å². The van der Waals surface area contributed by atoms with Crippen molar-refractivity contribution in [3.63, 3.8) is 0 Å². The zero-order valence-electron chi connectivity index (χ0n) is 27.7. The summed E-state index contributed by atoms with van der Waals surface area (Å²) in [4.78, 5) is 26.9. The molecule has 0 saturated heterocycles. The second-order valence-electron chi connectivity index (χ2n) is 13.3. The minimum atomic E-state index is -2.41. The number of carbonyl (C=O) groups excluding carboxylic acids is 2. The molecule has 5 aromatic rings. The van der Waals surface area contributed by atoms with E-state index in [4.69, 9.17) is 18.9 Å². The maximum Gasteiger partial charge on any atom is 0.349 e. The Morgan fingerprint density at radius 3 is 1.73 bits per heavy atom. The molecule has 8 rings (SSSR count). The summed E-state index contributed by atoms with van der Waals surface area (Å²) in [5, 5.41) is 0.